The van der Waals surface area contributed by atoms with Gasteiger partial charge in [0.25, 0.3) is 11.8 Å². The molecule has 0 unspecified atom stereocenters. The summed E-state index contributed by atoms with van der Waals surface area (Å²) in [5.74, 6) is 0.201. The molecule has 0 atom stereocenters. The van der Waals surface area contributed by atoms with Crippen LogP contribution in [0.4, 0.5) is 0 Å². The van der Waals surface area contributed by atoms with Crippen LogP contribution in [-0.2, 0) is 9.59 Å². The van der Waals surface area contributed by atoms with Gasteiger partial charge in [-0.3, -0.25) is 9.59 Å². The van der Waals surface area contributed by atoms with E-state index in [-0.39, 0.29) is 13.2 Å². The van der Waals surface area contributed by atoms with Crippen LogP contribution in [0.25, 0.3) is 0 Å². The third-order valence-electron chi connectivity index (χ3n) is 3.59. The smallest absolute Gasteiger partial charge is 0.277 e. The first-order valence-electron chi connectivity index (χ1n) is 8.75. The van der Waals surface area contributed by atoms with E-state index in [2.05, 4.69) is 21.1 Å². The first kappa shape index (κ1) is 23.2. The summed E-state index contributed by atoms with van der Waals surface area (Å²) in [5, 5.41) is 8.50. The van der Waals surface area contributed by atoms with E-state index in [0.29, 0.717) is 21.5 Å². The molecule has 0 saturated carbocycles. The van der Waals surface area contributed by atoms with Gasteiger partial charge in [-0.15, -0.1) is 0 Å². The fourth-order valence-corrected chi connectivity index (χ4v) is 2.64. The Labute approximate surface area is 183 Å². The van der Waals surface area contributed by atoms with Gasteiger partial charge < -0.3 is 9.47 Å². The highest BCUT2D eigenvalue weighted by molar-refractivity contribution is 6.31. The van der Waals surface area contributed by atoms with Crippen LogP contribution in [0.5, 0.6) is 11.5 Å². The van der Waals surface area contributed by atoms with Crippen LogP contribution in [0.3, 0.4) is 0 Å². The van der Waals surface area contributed by atoms with Gasteiger partial charge in [0.05, 0.1) is 12.4 Å². The first-order valence-corrected chi connectivity index (χ1v) is 9.51. The van der Waals surface area contributed by atoms with Gasteiger partial charge in [0.1, 0.15) is 11.5 Å². The number of benzene rings is 2. The van der Waals surface area contributed by atoms with Crippen molar-refractivity contribution in [3.63, 3.8) is 0 Å². The molecule has 2 aromatic rings. The average molecular weight is 451 g/mol. The summed E-state index contributed by atoms with van der Waals surface area (Å²) in [7, 11) is 0. The molecule has 0 spiro atoms. The molecule has 2 rings (SSSR count). The van der Waals surface area contributed by atoms with Gasteiger partial charge in [0.15, 0.2) is 13.2 Å². The van der Waals surface area contributed by atoms with E-state index in [1.165, 1.54) is 12.4 Å². The first-order chi connectivity index (χ1) is 14.3. The Morgan fingerprint density at radius 3 is 1.60 bits per heavy atom. The topological polar surface area (TPSA) is 101 Å². The monoisotopic (exact) mass is 450 g/mol. The van der Waals surface area contributed by atoms with Gasteiger partial charge in [-0.25, -0.2) is 10.9 Å². The molecule has 2 amide bonds. The fourth-order valence-electron chi connectivity index (χ4n) is 2.19. The summed E-state index contributed by atoms with van der Waals surface area (Å²) in [6.45, 7) is 3.22. The van der Waals surface area contributed by atoms with Crippen molar-refractivity contribution in [3.8, 4) is 11.5 Å². The summed E-state index contributed by atoms with van der Waals surface area (Å²) in [6, 6.07) is 10.2. The van der Waals surface area contributed by atoms with Crippen LogP contribution < -0.4 is 20.3 Å². The Balaban J connectivity index is 1.64. The predicted molar refractivity (Wildman–Crippen MR) is 117 cm³/mol. The molecule has 0 aliphatic rings. The minimum Gasteiger partial charge on any atom is -0.483 e. The van der Waals surface area contributed by atoms with Crippen LogP contribution >= 0.6 is 23.2 Å². The maximum atomic E-state index is 11.7. The highest BCUT2D eigenvalue weighted by Gasteiger charge is 2.05. The van der Waals surface area contributed by atoms with Crippen molar-refractivity contribution in [2.75, 3.05) is 13.2 Å². The quantitative estimate of drug-likeness (QED) is 0.451. The minimum atomic E-state index is -0.454. The molecular formula is C20H20Cl2N4O4. The summed E-state index contributed by atoms with van der Waals surface area (Å²) in [6.07, 6.45) is 2.41. The molecule has 0 radical (unpaired) electrons. The number of aryl methyl sites for hydroxylation is 2. The number of hydrazone groups is 2. The zero-order chi connectivity index (χ0) is 21.9. The maximum Gasteiger partial charge on any atom is 0.277 e. The lowest BCUT2D eigenvalue weighted by Gasteiger charge is -2.08. The van der Waals surface area contributed by atoms with Gasteiger partial charge in [-0.05, 0) is 61.4 Å². The van der Waals surface area contributed by atoms with Crippen LogP contribution in [0, 0.1) is 13.8 Å². The third-order valence-corrected chi connectivity index (χ3v) is 4.06. The predicted octanol–water partition coefficient (Wildman–Crippen LogP) is 3.27. The van der Waals surface area contributed by atoms with E-state index in [0.717, 1.165) is 11.1 Å². The molecule has 0 heterocycles. The number of nitrogens with zero attached hydrogens (tertiary/aromatic N) is 2. The lowest BCUT2D eigenvalue weighted by molar-refractivity contribution is -0.123. The number of carbonyl (C=O) groups excluding carboxylic acids is 2. The van der Waals surface area contributed by atoms with E-state index in [9.17, 15) is 9.59 Å². The molecule has 10 heteroatoms. The summed E-state index contributed by atoms with van der Waals surface area (Å²) < 4.78 is 10.8. The number of carbonyl (C=O) groups is 2. The molecule has 2 aromatic carbocycles. The largest absolute Gasteiger partial charge is 0.483 e. The second-order valence-corrected chi connectivity index (χ2v) is 6.90. The van der Waals surface area contributed by atoms with Crippen molar-refractivity contribution in [3.05, 3.63) is 57.6 Å². The van der Waals surface area contributed by atoms with Crippen molar-refractivity contribution in [2.45, 2.75) is 13.8 Å². The van der Waals surface area contributed by atoms with Crippen LogP contribution in [0.15, 0.2) is 46.6 Å². The van der Waals surface area contributed by atoms with Crippen molar-refractivity contribution in [2.24, 2.45) is 10.2 Å². The lowest BCUT2D eigenvalue weighted by Crippen LogP contribution is -2.25. The normalized spacial score (nSPS) is 10.9. The van der Waals surface area contributed by atoms with Gasteiger partial charge in [0, 0.05) is 10.0 Å². The third kappa shape index (κ3) is 8.10. The Bertz CT molecular complexity index is 886. The molecule has 8 nitrogen and oxygen atoms in total. The van der Waals surface area contributed by atoms with E-state index in [1.807, 2.05) is 13.8 Å². The van der Waals surface area contributed by atoms with Gasteiger partial charge >= 0.3 is 0 Å². The summed E-state index contributed by atoms with van der Waals surface area (Å²) in [5.41, 5.74) is 6.17. The SMILES string of the molecule is Cc1cc(Cl)ccc1OCC(=O)N/N=C\C=N\NC(=O)COc1ccc(Cl)cc1C. The van der Waals surface area contributed by atoms with Gasteiger partial charge in [0.2, 0.25) is 0 Å². The van der Waals surface area contributed by atoms with Crippen molar-refractivity contribution in [1.29, 1.82) is 0 Å². The zero-order valence-corrected chi connectivity index (χ0v) is 17.8. The van der Waals surface area contributed by atoms with E-state index in [1.54, 1.807) is 36.4 Å². The average Bonchev–Trinajstić information content (AvgIpc) is 2.69. The molecule has 158 valence electrons. The van der Waals surface area contributed by atoms with Crippen molar-refractivity contribution < 1.29 is 19.1 Å². The van der Waals surface area contributed by atoms with Crippen molar-refractivity contribution in [1.82, 2.24) is 10.9 Å². The van der Waals surface area contributed by atoms with Crippen LogP contribution in [0.2, 0.25) is 10.0 Å². The second kappa shape index (κ2) is 11.8. The van der Waals surface area contributed by atoms with Gasteiger partial charge in [-0.1, -0.05) is 23.2 Å². The molecule has 2 N–H and O–H groups in total. The van der Waals surface area contributed by atoms with Crippen molar-refractivity contribution >= 4 is 47.4 Å². The molecule has 0 saturated heterocycles. The van der Waals surface area contributed by atoms with Crippen LogP contribution in [-0.4, -0.2) is 37.5 Å². The maximum absolute atomic E-state index is 11.7. The molecule has 30 heavy (non-hydrogen) atoms. The fraction of sp³-hybridized carbons (Fsp3) is 0.200. The van der Waals surface area contributed by atoms with E-state index >= 15 is 0 Å². The molecule has 0 aliphatic carbocycles. The molecule has 0 fully saturated rings. The molecule has 0 aromatic heterocycles. The number of hydrogen-bond acceptors (Lipinski definition) is 6. The van der Waals surface area contributed by atoms with E-state index in [4.69, 9.17) is 32.7 Å². The van der Waals surface area contributed by atoms with Crippen LogP contribution in [0.1, 0.15) is 11.1 Å². The highest BCUT2D eigenvalue weighted by atomic mass is 35.5. The minimum absolute atomic E-state index is 0.213. The lowest BCUT2D eigenvalue weighted by atomic mass is 10.2. The highest BCUT2D eigenvalue weighted by Crippen LogP contribution is 2.22. The molecule has 0 bridgehead atoms. The van der Waals surface area contributed by atoms with E-state index < -0.39 is 11.8 Å². The number of halogens is 2. The molecule has 0 aliphatic heterocycles. The summed E-state index contributed by atoms with van der Waals surface area (Å²) in [4.78, 5) is 23.4. The zero-order valence-electron chi connectivity index (χ0n) is 16.3. The number of ether oxygens (including phenoxy) is 2. The molecular weight excluding hydrogens is 431 g/mol. The summed E-state index contributed by atoms with van der Waals surface area (Å²) >= 11 is 11.7. The number of rotatable bonds is 9. The number of amides is 2. The van der Waals surface area contributed by atoms with Gasteiger partial charge in [-0.2, -0.15) is 10.2 Å². The second-order valence-electron chi connectivity index (χ2n) is 6.02. The Morgan fingerprint density at radius 1 is 0.833 bits per heavy atom. The Morgan fingerprint density at radius 2 is 1.23 bits per heavy atom. The standard InChI is InChI=1S/C20H20Cl2N4O4/c1-13-9-15(21)3-5-17(13)29-11-19(27)25-23-7-8-24-26-20(28)12-30-18-6-4-16(22)10-14(18)2/h3-10H,11-12H2,1-2H3,(H,25,27)(H,26,28)/b23-7-,24-8+. The Hall–Kier alpha value is -3.10. The number of hydrogen-bond donors (Lipinski definition) is 2. The Kier molecular flexibility index (Phi) is 9.11. The number of nitrogens with one attached hydrogen (secondary N) is 2.